The van der Waals surface area contributed by atoms with Crippen molar-refractivity contribution in [2.45, 2.75) is 25.3 Å². The number of aromatic hydroxyl groups is 1. The molecule has 2 heterocycles. The molecule has 1 aromatic rings. The summed E-state index contributed by atoms with van der Waals surface area (Å²) in [6.07, 6.45) is -0.757. The van der Waals surface area contributed by atoms with E-state index in [1.165, 1.54) is 6.92 Å². The second-order valence-electron chi connectivity index (χ2n) is 5.25. The summed E-state index contributed by atoms with van der Waals surface area (Å²) in [5.74, 6) is -5.26. The second kappa shape index (κ2) is 4.12. The number of hydrogen-bond acceptors (Lipinski definition) is 3. The zero-order chi connectivity index (χ0) is 15.5. The van der Waals surface area contributed by atoms with Gasteiger partial charge in [0, 0.05) is 12.5 Å². The number of carbonyl (C=O) groups is 2. The number of aryl methyl sites for hydroxylation is 1. The minimum atomic E-state index is -3.11. The van der Waals surface area contributed by atoms with Gasteiger partial charge >= 0.3 is 6.03 Å². The Bertz CT molecular complexity index is 636. The number of phenols is 1. The van der Waals surface area contributed by atoms with Crippen LogP contribution in [0, 0.1) is 12.7 Å². The molecule has 1 aromatic carbocycles. The monoisotopic (exact) mass is 300 g/mol. The van der Waals surface area contributed by atoms with Gasteiger partial charge in [0.25, 0.3) is 11.8 Å². The molecule has 0 bridgehead atoms. The smallest absolute Gasteiger partial charge is 0.332 e. The van der Waals surface area contributed by atoms with Crippen molar-refractivity contribution in [3.63, 3.8) is 0 Å². The average Bonchev–Trinajstić information content (AvgIpc) is 2.80. The van der Waals surface area contributed by atoms with Crippen LogP contribution in [0.1, 0.15) is 12.0 Å². The predicted octanol–water partition coefficient (Wildman–Crippen LogP) is 2.02. The number of urea groups is 1. The molecule has 5 nitrogen and oxygen atoms in total. The first kappa shape index (κ1) is 13.7. The van der Waals surface area contributed by atoms with E-state index in [9.17, 15) is 27.9 Å². The maximum absolute atomic E-state index is 13.9. The summed E-state index contributed by atoms with van der Waals surface area (Å²) in [5.41, 5.74) is -0.0672. The normalized spacial score (nSPS) is 23.9. The van der Waals surface area contributed by atoms with Crippen molar-refractivity contribution in [2.24, 2.45) is 0 Å². The number of anilines is 1. The quantitative estimate of drug-likeness (QED) is 0.807. The fraction of sp³-hybridized carbons (Fsp3) is 0.385. The number of rotatable bonds is 1. The molecule has 0 saturated carbocycles. The summed E-state index contributed by atoms with van der Waals surface area (Å²) in [5, 5.41) is 9.39. The number of benzene rings is 1. The molecule has 1 N–H and O–H groups in total. The van der Waals surface area contributed by atoms with Crippen LogP contribution in [-0.2, 0) is 4.79 Å². The summed E-state index contributed by atoms with van der Waals surface area (Å²) >= 11 is 0. The fourth-order valence-corrected chi connectivity index (χ4v) is 2.66. The van der Waals surface area contributed by atoms with Crippen LogP contribution >= 0.6 is 0 Å². The molecular formula is C13H11F3N2O3. The number of amides is 3. The Morgan fingerprint density at radius 2 is 2.00 bits per heavy atom. The highest BCUT2D eigenvalue weighted by atomic mass is 19.3. The second-order valence-corrected chi connectivity index (χ2v) is 5.25. The van der Waals surface area contributed by atoms with Crippen LogP contribution in [-0.4, -0.2) is 40.5 Å². The number of carbonyl (C=O) groups excluding carboxylic acids is 2. The fourth-order valence-electron chi connectivity index (χ4n) is 2.66. The Labute approximate surface area is 117 Å². The zero-order valence-corrected chi connectivity index (χ0v) is 10.9. The first-order valence-electron chi connectivity index (χ1n) is 6.23. The third-order valence-corrected chi connectivity index (χ3v) is 3.72. The van der Waals surface area contributed by atoms with E-state index in [2.05, 4.69) is 0 Å². The van der Waals surface area contributed by atoms with Gasteiger partial charge in [-0.25, -0.2) is 22.9 Å². The number of imide groups is 1. The Balaban J connectivity index is 2.01. The lowest BCUT2D eigenvalue weighted by molar-refractivity contribution is -0.119. The van der Waals surface area contributed by atoms with Crippen LogP contribution in [0.5, 0.6) is 5.75 Å². The molecule has 3 amide bonds. The first-order chi connectivity index (χ1) is 9.71. The van der Waals surface area contributed by atoms with E-state index in [-0.39, 0.29) is 17.0 Å². The molecule has 0 radical (unpaired) electrons. The van der Waals surface area contributed by atoms with E-state index in [1.807, 2.05) is 0 Å². The van der Waals surface area contributed by atoms with Crippen molar-refractivity contribution in [1.82, 2.24) is 4.90 Å². The molecule has 8 heteroatoms. The number of phenolic OH excluding ortho intramolecular Hbond substituents is 1. The van der Waals surface area contributed by atoms with Gasteiger partial charge < -0.3 is 10.0 Å². The van der Waals surface area contributed by atoms with Crippen LogP contribution < -0.4 is 4.90 Å². The van der Waals surface area contributed by atoms with Crippen molar-refractivity contribution in [1.29, 1.82) is 0 Å². The largest absolute Gasteiger partial charge is 0.508 e. The van der Waals surface area contributed by atoms with Gasteiger partial charge in [0.05, 0.1) is 12.2 Å². The minimum absolute atomic E-state index is 0.268. The van der Waals surface area contributed by atoms with Crippen molar-refractivity contribution in [3.8, 4) is 5.75 Å². The molecular weight excluding hydrogens is 289 g/mol. The van der Waals surface area contributed by atoms with Gasteiger partial charge in [-0.15, -0.1) is 0 Å². The van der Waals surface area contributed by atoms with Gasteiger partial charge in [-0.2, -0.15) is 0 Å². The third-order valence-electron chi connectivity index (χ3n) is 3.72. The number of fused-ring (bicyclic) bond motifs is 1. The van der Waals surface area contributed by atoms with E-state index >= 15 is 0 Å². The van der Waals surface area contributed by atoms with E-state index < -0.39 is 42.7 Å². The topological polar surface area (TPSA) is 60.9 Å². The van der Waals surface area contributed by atoms with E-state index in [0.29, 0.717) is 4.90 Å². The number of alkyl halides is 2. The highest BCUT2D eigenvalue weighted by Gasteiger charge is 2.58. The molecule has 0 spiro atoms. The third kappa shape index (κ3) is 1.93. The Kier molecular flexibility index (Phi) is 2.69. The van der Waals surface area contributed by atoms with Gasteiger partial charge in [0.15, 0.2) is 5.82 Å². The molecule has 112 valence electrons. The standard InChI is InChI=1S/C13H11F3N2O3/c1-6-2-8(7(14)3-10(6)19)18-11(20)9-4-13(15,16)5-17(9)12(18)21/h2-3,9,19H,4-5H2,1H3/t9-/m1/s1. The molecule has 2 saturated heterocycles. The number of hydrogen-bond donors (Lipinski definition) is 1. The van der Waals surface area contributed by atoms with E-state index in [4.69, 9.17) is 0 Å². The molecule has 2 fully saturated rings. The molecule has 1 atom stereocenters. The zero-order valence-electron chi connectivity index (χ0n) is 10.9. The minimum Gasteiger partial charge on any atom is -0.508 e. The number of nitrogens with zero attached hydrogens (tertiary/aromatic N) is 2. The SMILES string of the molecule is Cc1cc(N2C(=O)[C@H]3CC(F)(F)CN3C2=O)c(F)cc1O. The lowest BCUT2D eigenvalue weighted by atomic mass is 10.1. The maximum atomic E-state index is 13.9. The summed E-state index contributed by atoms with van der Waals surface area (Å²) in [7, 11) is 0. The highest BCUT2D eigenvalue weighted by molar-refractivity contribution is 6.21. The van der Waals surface area contributed by atoms with Crippen LogP contribution in [0.2, 0.25) is 0 Å². The molecule has 21 heavy (non-hydrogen) atoms. The molecule has 0 unspecified atom stereocenters. The molecule has 2 aliphatic heterocycles. The van der Waals surface area contributed by atoms with Crippen molar-refractivity contribution in [3.05, 3.63) is 23.5 Å². The highest BCUT2D eigenvalue weighted by Crippen LogP contribution is 2.40. The average molecular weight is 300 g/mol. The van der Waals surface area contributed by atoms with Crippen LogP contribution in [0.4, 0.5) is 23.7 Å². The maximum Gasteiger partial charge on any atom is 0.332 e. The summed E-state index contributed by atoms with van der Waals surface area (Å²) < 4.78 is 40.4. The van der Waals surface area contributed by atoms with Gasteiger partial charge in [0.1, 0.15) is 11.8 Å². The summed E-state index contributed by atoms with van der Waals surface area (Å²) in [4.78, 5) is 25.5. The Hall–Kier alpha value is -2.25. The molecule has 3 rings (SSSR count). The van der Waals surface area contributed by atoms with Gasteiger partial charge in [0.2, 0.25) is 0 Å². The van der Waals surface area contributed by atoms with E-state index in [1.54, 1.807) is 0 Å². The van der Waals surface area contributed by atoms with Crippen LogP contribution in [0.25, 0.3) is 0 Å². The van der Waals surface area contributed by atoms with Crippen molar-refractivity contribution in [2.75, 3.05) is 11.4 Å². The summed E-state index contributed by atoms with van der Waals surface area (Å²) in [6.45, 7) is 0.621. The molecule has 0 aliphatic carbocycles. The molecule has 0 aromatic heterocycles. The van der Waals surface area contributed by atoms with Crippen LogP contribution in [0.15, 0.2) is 12.1 Å². The lowest BCUT2D eigenvalue weighted by Gasteiger charge is -2.18. The van der Waals surface area contributed by atoms with E-state index in [0.717, 1.165) is 17.0 Å². The Morgan fingerprint density at radius 3 is 2.62 bits per heavy atom. The van der Waals surface area contributed by atoms with Gasteiger partial charge in [-0.05, 0) is 18.6 Å². The van der Waals surface area contributed by atoms with Crippen LogP contribution in [0.3, 0.4) is 0 Å². The van der Waals surface area contributed by atoms with Gasteiger partial charge in [-0.3, -0.25) is 4.79 Å². The number of halogens is 3. The van der Waals surface area contributed by atoms with Crippen molar-refractivity contribution >= 4 is 17.6 Å². The lowest BCUT2D eigenvalue weighted by Crippen LogP contribution is -2.37. The molecule has 2 aliphatic rings. The van der Waals surface area contributed by atoms with Crippen molar-refractivity contribution < 1.29 is 27.9 Å². The summed E-state index contributed by atoms with van der Waals surface area (Å²) in [6, 6.07) is -0.309. The Morgan fingerprint density at radius 1 is 1.33 bits per heavy atom. The predicted molar refractivity (Wildman–Crippen MR) is 65.7 cm³/mol. The first-order valence-corrected chi connectivity index (χ1v) is 6.23. The van der Waals surface area contributed by atoms with Gasteiger partial charge in [-0.1, -0.05) is 0 Å².